The van der Waals surface area contributed by atoms with Crippen LogP contribution in [0.4, 0.5) is 10.7 Å². The minimum absolute atomic E-state index is 0.0384. The number of aromatic nitrogens is 1. The molecule has 0 aliphatic heterocycles. The molecule has 2 aromatic heterocycles. The van der Waals surface area contributed by atoms with E-state index >= 15 is 0 Å². The molecule has 10 nitrogen and oxygen atoms in total. The molecule has 1 unspecified atom stereocenters. The lowest BCUT2D eigenvalue weighted by atomic mass is 10.1. The first-order valence-electron chi connectivity index (χ1n) is 12.6. The number of aliphatic hydroxyl groups is 1. The van der Waals surface area contributed by atoms with E-state index in [1.807, 2.05) is 4.90 Å². The molecule has 0 radical (unpaired) electrons. The molecule has 40 heavy (non-hydrogen) atoms. The Balaban J connectivity index is 1.56. The molecule has 1 saturated carbocycles. The molecule has 1 N–H and O–H groups in total. The van der Waals surface area contributed by atoms with E-state index in [1.165, 1.54) is 29.8 Å². The Morgan fingerprint density at radius 3 is 2.42 bits per heavy atom. The van der Waals surface area contributed by atoms with Crippen LogP contribution in [0.5, 0.6) is 11.6 Å². The number of nitrogens with zero attached hydrogens (tertiary/aromatic N) is 3. The number of halogens is 2. The molecular formula is C26H29Cl2N3O7S2. The van der Waals surface area contributed by atoms with Crippen LogP contribution in [0.2, 0.25) is 0 Å². The molecule has 216 valence electrons. The number of benzene rings is 1. The van der Waals surface area contributed by atoms with Gasteiger partial charge in [-0.2, -0.15) is 8.42 Å². The molecule has 3 aromatic rings. The first-order chi connectivity index (χ1) is 19.2. The largest absolute Gasteiger partial charge is 0.472 e. The molecule has 0 saturated heterocycles. The van der Waals surface area contributed by atoms with Crippen LogP contribution in [-0.2, 0) is 16.5 Å². The van der Waals surface area contributed by atoms with Gasteiger partial charge >= 0.3 is 15.1 Å². The highest BCUT2D eigenvalue weighted by atomic mass is 35.5. The second-order valence-corrected chi connectivity index (χ2v) is 12.6. The van der Waals surface area contributed by atoms with Crippen molar-refractivity contribution >= 4 is 55.3 Å². The minimum atomic E-state index is -4.39. The maximum atomic E-state index is 13.6. The first-order valence-corrected chi connectivity index (χ1v) is 16.1. The van der Waals surface area contributed by atoms with Gasteiger partial charge in [-0.05, 0) is 67.0 Å². The number of hydrogen-bond acceptors (Lipinski definition) is 10. The van der Waals surface area contributed by atoms with Gasteiger partial charge in [0.25, 0.3) is 0 Å². The maximum absolute atomic E-state index is 13.6. The number of hydrogen-bond donors (Lipinski definition) is 1. The summed E-state index contributed by atoms with van der Waals surface area (Å²) in [6.07, 6.45) is 2.73. The second kappa shape index (κ2) is 13.8. The molecular weight excluding hydrogens is 601 g/mol. The lowest BCUT2D eigenvalue weighted by Gasteiger charge is -2.23. The number of nitro groups is 1. The van der Waals surface area contributed by atoms with Crippen LogP contribution in [0.1, 0.15) is 35.6 Å². The Bertz CT molecular complexity index is 1370. The van der Waals surface area contributed by atoms with E-state index < -0.39 is 26.4 Å². The summed E-state index contributed by atoms with van der Waals surface area (Å²) in [5, 5.41) is 21.5. The van der Waals surface area contributed by atoms with Gasteiger partial charge in [0.2, 0.25) is 5.88 Å². The van der Waals surface area contributed by atoms with E-state index in [9.17, 15) is 23.6 Å². The first kappa shape index (κ1) is 30.3. The zero-order valence-electron chi connectivity index (χ0n) is 21.4. The van der Waals surface area contributed by atoms with Crippen molar-refractivity contribution in [3.8, 4) is 11.6 Å². The number of anilines is 1. The van der Waals surface area contributed by atoms with Crippen LogP contribution in [0.25, 0.3) is 0 Å². The summed E-state index contributed by atoms with van der Waals surface area (Å²) >= 11 is 12.6. The summed E-state index contributed by atoms with van der Waals surface area (Å²) in [6, 6.07) is 11.1. The lowest BCUT2D eigenvalue weighted by molar-refractivity contribution is -0.380. The molecule has 1 aliphatic rings. The summed E-state index contributed by atoms with van der Waals surface area (Å²) in [4.78, 5) is 17.3. The number of rotatable bonds is 14. The van der Waals surface area contributed by atoms with Crippen molar-refractivity contribution in [2.24, 2.45) is 0 Å². The average Bonchev–Trinajstić information content (AvgIpc) is 3.57. The lowest BCUT2D eigenvalue weighted by Crippen LogP contribution is -2.27. The molecule has 0 bridgehead atoms. The molecule has 4 rings (SSSR count). The van der Waals surface area contributed by atoms with Crippen molar-refractivity contribution in [1.29, 1.82) is 0 Å². The van der Waals surface area contributed by atoms with E-state index in [1.54, 1.807) is 24.3 Å². The Morgan fingerprint density at radius 2 is 1.85 bits per heavy atom. The monoisotopic (exact) mass is 629 g/mol. The molecule has 3 atom stereocenters. The van der Waals surface area contributed by atoms with Gasteiger partial charge in [-0.25, -0.2) is 4.98 Å². The third-order valence-corrected chi connectivity index (χ3v) is 9.33. The Hall–Kier alpha value is -2.64. The van der Waals surface area contributed by atoms with Crippen LogP contribution < -0.4 is 13.8 Å². The summed E-state index contributed by atoms with van der Waals surface area (Å²) in [5.41, 5.74) is 1.36. The topological polar surface area (TPSA) is 132 Å². The predicted molar refractivity (Wildman–Crippen MR) is 156 cm³/mol. The number of ether oxygens (including phenoxy) is 1. The summed E-state index contributed by atoms with van der Waals surface area (Å²) in [7, 11) is -4.39. The van der Waals surface area contributed by atoms with Crippen molar-refractivity contribution < 1.29 is 27.4 Å². The van der Waals surface area contributed by atoms with Gasteiger partial charge in [0.1, 0.15) is 17.1 Å². The van der Waals surface area contributed by atoms with Crippen LogP contribution >= 0.6 is 34.5 Å². The highest BCUT2D eigenvalue weighted by Crippen LogP contribution is 2.38. The van der Waals surface area contributed by atoms with Crippen molar-refractivity contribution in [3.05, 3.63) is 75.3 Å². The molecule has 1 fully saturated rings. The third kappa shape index (κ3) is 7.55. The Labute approximate surface area is 246 Å². The van der Waals surface area contributed by atoms with Gasteiger partial charge in [0.15, 0.2) is 0 Å². The van der Waals surface area contributed by atoms with E-state index in [0.717, 1.165) is 29.9 Å². The van der Waals surface area contributed by atoms with Gasteiger partial charge in [0.05, 0.1) is 16.6 Å². The highest BCUT2D eigenvalue weighted by molar-refractivity contribution is 7.87. The smallest absolute Gasteiger partial charge is 0.328 e. The van der Waals surface area contributed by atoms with Crippen molar-refractivity contribution in [1.82, 2.24) is 4.98 Å². The van der Waals surface area contributed by atoms with E-state index in [-0.39, 0.29) is 28.8 Å². The van der Waals surface area contributed by atoms with Crippen LogP contribution in [0.15, 0.2) is 54.0 Å². The van der Waals surface area contributed by atoms with Gasteiger partial charge in [-0.15, -0.1) is 23.2 Å². The standard InChI is InChI=1S/C26H29Cl2N3O7S2/c27-11-13-30(14-12-28)19-5-7-20(8-6-19)38-40(35,36)24(21-10-15-39-26(21)31(33)34)16-18-4-9-25(29-17-18)37-23-3-1-2-22(23)32/h4-10,15,17,22-24,32H,1-3,11-14,16H2/t22-,23+,24?/m1/s1. The van der Waals surface area contributed by atoms with Gasteiger partial charge in [-0.3, -0.25) is 10.1 Å². The SMILES string of the molecule is O=[N+]([O-])c1sccc1C(Cc1ccc(O[C@H]2CCC[C@H]2O)nc1)S(=O)(=O)Oc1ccc(N(CCCl)CCCl)cc1. The van der Waals surface area contributed by atoms with E-state index in [0.29, 0.717) is 42.7 Å². The van der Waals surface area contributed by atoms with Crippen LogP contribution in [0, 0.1) is 10.1 Å². The highest BCUT2D eigenvalue weighted by Gasteiger charge is 2.36. The average molecular weight is 631 g/mol. The summed E-state index contributed by atoms with van der Waals surface area (Å²) in [5.74, 6) is 1.18. The maximum Gasteiger partial charge on any atom is 0.328 e. The van der Waals surface area contributed by atoms with Crippen molar-refractivity contribution in [3.63, 3.8) is 0 Å². The number of thiophene rings is 1. The Morgan fingerprint density at radius 1 is 1.12 bits per heavy atom. The number of pyridine rings is 1. The van der Waals surface area contributed by atoms with Gasteiger partial charge in [0, 0.05) is 42.8 Å². The molecule has 0 spiro atoms. The normalized spacial score (nSPS) is 17.9. The fourth-order valence-electron chi connectivity index (χ4n) is 4.57. The molecule has 14 heteroatoms. The van der Waals surface area contributed by atoms with Crippen LogP contribution in [0.3, 0.4) is 0 Å². The molecule has 1 aromatic carbocycles. The fourth-order valence-corrected chi connectivity index (χ4v) is 7.22. The molecule has 2 heterocycles. The summed E-state index contributed by atoms with van der Waals surface area (Å²) < 4.78 is 38.4. The minimum Gasteiger partial charge on any atom is -0.472 e. The third-order valence-electron chi connectivity index (χ3n) is 6.57. The van der Waals surface area contributed by atoms with Crippen molar-refractivity contribution in [2.75, 3.05) is 29.7 Å². The Kier molecular flexibility index (Phi) is 10.5. The van der Waals surface area contributed by atoms with Gasteiger partial charge < -0.3 is 18.9 Å². The van der Waals surface area contributed by atoms with E-state index in [2.05, 4.69) is 4.98 Å². The second-order valence-electron chi connectivity index (χ2n) is 9.23. The molecule has 0 amide bonds. The molecule has 1 aliphatic carbocycles. The number of aliphatic hydroxyl groups excluding tert-OH is 1. The summed E-state index contributed by atoms with van der Waals surface area (Å²) in [6.45, 7) is 1.13. The predicted octanol–water partition coefficient (Wildman–Crippen LogP) is 5.32. The number of alkyl halides is 2. The zero-order chi connectivity index (χ0) is 28.7. The zero-order valence-corrected chi connectivity index (χ0v) is 24.5. The quantitative estimate of drug-likeness (QED) is 0.109. The van der Waals surface area contributed by atoms with Gasteiger partial charge in [-0.1, -0.05) is 17.4 Å². The van der Waals surface area contributed by atoms with Crippen LogP contribution in [-0.4, -0.2) is 60.5 Å². The fraction of sp³-hybridized carbons (Fsp3) is 0.423. The van der Waals surface area contributed by atoms with E-state index in [4.69, 9.17) is 32.1 Å². The van der Waals surface area contributed by atoms with Crippen molar-refractivity contribution in [2.45, 2.75) is 43.1 Å².